The molecular formula is C21H20N2O3S. The average Bonchev–Trinajstić information content (AvgIpc) is 3.09. The number of thioether (sulfide) groups is 1. The molecular weight excluding hydrogens is 360 g/mol. The average molecular weight is 380 g/mol. The Morgan fingerprint density at radius 1 is 1.26 bits per heavy atom. The Hall–Kier alpha value is -2.91. The fraction of sp³-hybridized carbons (Fsp3) is 0.238. The molecule has 3 aromatic rings. The van der Waals surface area contributed by atoms with Crippen molar-refractivity contribution in [1.29, 1.82) is 5.26 Å². The monoisotopic (exact) mass is 380 g/mol. The summed E-state index contributed by atoms with van der Waals surface area (Å²) in [4.78, 5) is 12.2. The number of nitrogens with zero attached hydrogens (tertiary/aromatic N) is 1. The molecule has 0 fully saturated rings. The minimum atomic E-state index is -0.0356. The van der Waals surface area contributed by atoms with Crippen LogP contribution in [0.5, 0.6) is 5.75 Å². The lowest BCUT2D eigenvalue weighted by molar-refractivity contribution is -0.120. The van der Waals surface area contributed by atoms with Crippen LogP contribution in [0.3, 0.4) is 0 Å². The summed E-state index contributed by atoms with van der Waals surface area (Å²) in [7, 11) is 1.61. The Kier molecular flexibility index (Phi) is 6.39. The molecule has 2 aromatic carbocycles. The van der Waals surface area contributed by atoms with Gasteiger partial charge in [-0.2, -0.15) is 17.0 Å². The van der Waals surface area contributed by atoms with Crippen molar-refractivity contribution in [1.82, 2.24) is 5.32 Å². The molecule has 0 saturated carbocycles. The van der Waals surface area contributed by atoms with Crippen molar-refractivity contribution in [2.75, 3.05) is 19.4 Å². The minimum absolute atomic E-state index is 0.0356. The Morgan fingerprint density at radius 2 is 2.11 bits per heavy atom. The molecule has 5 nitrogen and oxygen atoms in total. The highest BCUT2D eigenvalue weighted by atomic mass is 32.2. The van der Waals surface area contributed by atoms with Crippen LogP contribution in [0.25, 0.3) is 11.0 Å². The maximum absolute atomic E-state index is 12.2. The number of fused-ring (bicyclic) bond motifs is 1. The highest BCUT2D eigenvalue weighted by Gasteiger charge is 2.11. The number of methoxy groups -OCH3 is 1. The lowest BCUT2D eigenvalue weighted by Crippen LogP contribution is -2.27. The van der Waals surface area contributed by atoms with Crippen LogP contribution in [0.15, 0.2) is 53.1 Å². The number of benzene rings is 2. The number of hydrogen-bond acceptors (Lipinski definition) is 5. The van der Waals surface area contributed by atoms with E-state index >= 15 is 0 Å². The van der Waals surface area contributed by atoms with Gasteiger partial charge in [-0.05, 0) is 23.8 Å². The topological polar surface area (TPSA) is 75.3 Å². The molecule has 0 aliphatic rings. The van der Waals surface area contributed by atoms with Crippen LogP contribution in [0.2, 0.25) is 0 Å². The van der Waals surface area contributed by atoms with E-state index < -0.39 is 0 Å². The van der Waals surface area contributed by atoms with Gasteiger partial charge in [-0.1, -0.05) is 18.2 Å². The second-order valence-electron chi connectivity index (χ2n) is 5.97. The summed E-state index contributed by atoms with van der Waals surface area (Å²) in [6.45, 7) is 0.585. The smallest absolute Gasteiger partial charge is 0.224 e. The molecule has 1 N–H and O–H groups in total. The number of nitrogens with one attached hydrogen (secondary N) is 1. The van der Waals surface area contributed by atoms with Gasteiger partial charge in [0.2, 0.25) is 5.91 Å². The van der Waals surface area contributed by atoms with E-state index in [4.69, 9.17) is 14.4 Å². The maximum atomic E-state index is 12.2. The molecule has 1 heterocycles. The molecule has 0 unspecified atom stereocenters. The first-order valence-electron chi connectivity index (χ1n) is 8.58. The SMILES string of the molecule is COc1ccc2c(CC(=O)NCCSCc3ccccc3C#N)coc2c1. The molecule has 0 aliphatic carbocycles. The minimum Gasteiger partial charge on any atom is -0.497 e. The van der Waals surface area contributed by atoms with Crippen molar-refractivity contribution in [2.24, 2.45) is 0 Å². The zero-order chi connectivity index (χ0) is 19.1. The van der Waals surface area contributed by atoms with Gasteiger partial charge in [-0.25, -0.2) is 0 Å². The third-order valence-electron chi connectivity index (χ3n) is 4.18. The summed E-state index contributed by atoms with van der Waals surface area (Å²) < 4.78 is 10.7. The largest absolute Gasteiger partial charge is 0.497 e. The van der Waals surface area contributed by atoms with E-state index in [9.17, 15) is 4.79 Å². The van der Waals surface area contributed by atoms with Gasteiger partial charge in [0.05, 0.1) is 31.4 Å². The van der Waals surface area contributed by atoms with E-state index in [-0.39, 0.29) is 12.3 Å². The first-order chi connectivity index (χ1) is 13.2. The first kappa shape index (κ1) is 18.9. The number of rotatable bonds is 8. The molecule has 138 valence electrons. The molecule has 0 atom stereocenters. The number of hydrogen-bond donors (Lipinski definition) is 1. The molecule has 1 aromatic heterocycles. The van der Waals surface area contributed by atoms with Crippen molar-refractivity contribution in [3.63, 3.8) is 0 Å². The number of carbonyl (C=O) groups excluding carboxylic acids is 1. The van der Waals surface area contributed by atoms with Gasteiger partial charge in [0.15, 0.2) is 0 Å². The lowest BCUT2D eigenvalue weighted by Gasteiger charge is -2.06. The first-order valence-corrected chi connectivity index (χ1v) is 9.73. The molecule has 27 heavy (non-hydrogen) atoms. The highest BCUT2D eigenvalue weighted by molar-refractivity contribution is 7.98. The normalized spacial score (nSPS) is 10.5. The van der Waals surface area contributed by atoms with Crippen molar-refractivity contribution in [3.05, 3.63) is 65.4 Å². The predicted octanol–water partition coefficient (Wildman–Crippen LogP) is 3.91. The zero-order valence-electron chi connectivity index (χ0n) is 15.0. The number of nitriles is 1. The van der Waals surface area contributed by atoms with Gasteiger partial charge in [0.1, 0.15) is 11.3 Å². The van der Waals surface area contributed by atoms with E-state index in [0.29, 0.717) is 17.7 Å². The van der Waals surface area contributed by atoms with Gasteiger partial charge in [0.25, 0.3) is 0 Å². The second-order valence-corrected chi connectivity index (χ2v) is 7.08. The van der Waals surface area contributed by atoms with Crippen LogP contribution in [-0.4, -0.2) is 25.3 Å². The summed E-state index contributed by atoms with van der Waals surface area (Å²) in [6, 6.07) is 15.4. The van der Waals surface area contributed by atoms with Crippen LogP contribution in [0.4, 0.5) is 0 Å². The molecule has 0 radical (unpaired) electrons. The van der Waals surface area contributed by atoms with Gasteiger partial charge >= 0.3 is 0 Å². The Morgan fingerprint density at radius 3 is 2.93 bits per heavy atom. The van der Waals surface area contributed by atoms with Crippen LogP contribution >= 0.6 is 11.8 Å². The third kappa shape index (κ3) is 4.83. The second kappa shape index (κ2) is 9.15. The predicted molar refractivity (Wildman–Crippen MR) is 107 cm³/mol. The van der Waals surface area contributed by atoms with Crippen LogP contribution in [0.1, 0.15) is 16.7 Å². The number of furan rings is 1. The van der Waals surface area contributed by atoms with E-state index in [0.717, 1.165) is 33.8 Å². The van der Waals surface area contributed by atoms with Gasteiger partial charge in [0, 0.05) is 35.1 Å². The van der Waals surface area contributed by atoms with Gasteiger partial charge in [-0.3, -0.25) is 4.79 Å². The lowest BCUT2D eigenvalue weighted by atomic mass is 10.1. The van der Waals surface area contributed by atoms with Crippen LogP contribution in [-0.2, 0) is 17.0 Å². The van der Waals surface area contributed by atoms with Crippen molar-refractivity contribution >= 4 is 28.6 Å². The standard InChI is InChI=1S/C21H20N2O3S/c1-25-18-6-7-19-17(13-26-20(19)11-18)10-21(24)23-8-9-27-14-16-5-3-2-4-15(16)12-22/h2-7,11,13H,8-10,14H2,1H3,(H,23,24). The van der Waals surface area contributed by atoms with Crippen LogP contribution in [0, 0.1) is 11.3 Å². The van der Waals surface area contributed by atoms with Crippen molar-refractivity contribution in [3.8, 4) is 11.8 Å². The summed E-state index contributed by atoms with van der Waals surface area (Å²) in [5, 5.41) is 12.9. The summed E-state index contributed by atoms with van der Waals surface area (Å²) in [5.74, 6) is 2.23. The molecule has 0 spiro atoms. The fourth-order valence-corrected chi connectivity index (χ4v) is 3.63. The Balaban J connectivity index is 1.44. The molecule has 0 bridgehead atoms. The van der Waals surface area contributed by atoms with Gasteiger partial charge in [-0.15, -0.1) is 0 Å². The summed E-state index contributed by atoms with van der Waals surface area (Å²) >= 11 is 1.69. The number of ether oxygens (including phenoxy) is 1. The van der Waals surface area contributed by atoms with E-state index in [2.05, 4.69) is 11.4 Å². The van der Waals surface area contributed by atoms with Crippen molar-refractivity contribution < 1.29 is 13.9 Å². The van der Waals surface area contributed by atoms with E-state index in [1.54, 1.807) is 25.1 Å². The van der Waals surface area contributed by atoms with E-state index in [1.165, 1.54) is 0 Å². The fourth-order valence-electron chi connectivity index (χ4n) is 2.76. The summed E-state index contributed by atoms with van der Waals surface area (Å²) in [5.41, 5.74) is 3.30. The van der Waals surface area contributed by atoms with Gasteiger partial charge < -0.3 is 14.5 Å². The highest BCUT2D eigenvalue weighted by Crippen LogP contribution is 2.25. The summed E-state index contributed by atoms with van der Waals surface area (Å²) in [6.07, 6.45) is 1.90. The quantitative estimate of drug-likeness (QED) is 0.600. The molecule has 3 rings (SSSR count). The Bertz CT molecular complexity index is 975. The molecule has 1 amide bonds. The van der Waals surface area contributed by atoms with Crippen molar-refractivity contribution in [2.45, 2.75) is 12.2 Å². The number of amides is 1. The van der Waals surface area contributed by atoms with E-state index in [1.807, 2.05) is 42.5 Å². The third-order valence-corrected chi connectivity index (χ3v) is 5.19. The Labute approximate surface area is 162 Å². The maximum Gasteiger partial charge on any atom is 0.224 e. The molecule has 0 saturated heterocycles. The molecule has 0 aliphatic heterocycles. The van der Waals surface area contributed by atoms with Crippen LogP contribution < -0.4 is 10.1 Å². The zero-order valence-corrected chi connectivity index (χ0v) is 15.8. The molecule has 6 heteroatoms. The number of carbonyl (C=O) groups is 1.